The molecule has 2 aromatic carbocycles. The third-order valence-electron chi connectivity index (χ3n) is 6.16. The van der Waals surface area contributed by atoms with Crippen molar-refractivity contribution in [3.63, 3.8) is 0 Å². The van der Waals surface area contributed by atoms with Crippen LogP contribution >= 0.6 is 0 Å². The van der Waals surface area contributed by atoms with Crippen LogP contribution < -0.4 is 0 Å². The number of likely N-dealkylation sites (tertiary alicyclic amines) is 1. The van der Waals surface area contributed by atoms with Gasteiger partial charge in [0.05, 0.1) is 10.4 Å². The zero-order valence-corrected chi connectivity index (χ0v) is 17.2. The largest absolute Gasteiger partial charge is 0.297 e. The summed E-state index contributed by atoms with van der Waals surface area (Å²) in [6.45, 7) is 2.39. The van der Waals surface area contributed by atoms with Crippen LogP contribution in [0.4, 0.5) is 4.39 Å². The van der Waals surface area contributed by atoms with Gasteiger partial charge in [-0.1, -0.05) is 30.3 Å². The van der Waals surface area contributed by atoms with Crippen LogP contribution in [0, 0.1) is 5.82 Å². The topological polar surface area (TPSA) is 53.5 Å². The van der Waals surface area contributed by atoms with E-state index in [0.717, 1.165) is 36.2 Å². The molecule has 0 unspecified atom stereocenters. The van der Waals surface area contributed by atoms with Crippen LogP contribution in [0.5, 0.6) is 0 Å². The summed E-state index contributed by atoms with van der Waals surface area (Å²) in [7, 11) is -3.64. The van der Waals surface area contributed by atoms with E-state index in [1.54, 1.807) is 41.0 Å². The Balaban J connectivity index is 1.52. The van der Waals surface area contributed by atoms with E-state index < -0.39 is 15.6 Å². The van der Waals surface area contributed by atoms with Crippen LogP contribution in [0.25, 0.3) is 0 Å². The quantitative estimate of drug-likeness (QED) is 0.644. The summed E-state index contributed by atoms with van der Waals surface area (Å²) in [4.78, 5) is 6.76. The number of nitrogens with zero attached hydrogens (tertiary/aromatic N) is 3. The molecule has 1 aromatic heterocycles. The maximum absolute atomic E-state index is 13.5. The van der Waals surface area contributed by atoms with E-state index in [1.165, 1.54) is 12.1 Å². The van der Waals surface area contributed by atoms with Gasteiger partial charge in [0, 0.05) is 38.6 Å². The summed E-state index contributed by atoms with van der Waals surface area (Å²) in [5.41, 5.74) is 2.18. The zero-order chi connectivity index (χ0) is 20.8. The van der Waals surface area contributed by atoms with Crippen LogP contribution in [-0.2, 0) is 28.7 Å². The van der Waals surface area contributed by atoms with Crippen molar-refractivity contribution < 1.29 is 12.8 Å². The van der Waals surface area contributed by atoms with Crippen LogP contribution in [0.3, 0.4) is 0 Å². The Morgan fingerprint density at radius 3 is 2.40 bits per heavy atom. The lowest BCUT2D eigenvalue weighted by molar-refractivity contribution is 0.184. The van der Waals surface area contributed by atoms with Crippen LogP contribution in [0.15, 0.2) is 78.0 Å². The molecule has 1 spiro atoms. The number of rotatable bonds is 4. The predicted octanol–water partition coefficient (Wildman–Crippen LogP) is 3.53. The van der Waals surface area contributed by atoms with Gasteiger partial charge in [0.15, 0.2) is 0 Å². The Labute approximate surface area is 175 Å². The van der Waals surface area contributed by atoms with E-state index in [1.807, 2.05) is 24.3 Å². The molecule has 0 N–H and O–H groups in total. The van der Waals surface area contributed by atoms with Crippen molar-refractivity contribution in [1.82, 2.24) is 14.2 Å². The molecule has 2 aliphatic heterocycles. The van der Waals surface area contributed by atoms with Gasteiger partial charge in [-0.25, -0.2) is 12.8 Å². The molecule has 1 atom stereocenters. The van der Waals surface area contributed by atoms with Gasteiger partial charge in [-0.15, -0.1) is 0 Å². The average Bonchev–Trinajstić information content (AvgIpc) is 3.24. The normalized spacial score (nSPS) is 23.1. The highest BCUT2D eigenvalue weighted by atomic mass is 32.2. The number of pyridine rings is 1. The average molecular weight is 424 g/mol. The van der Waals surface area contributed by atoms with Gasteiger partial charge in [-0.05, 0) is 53.4 Å². The summed E-state index contributed by atoms with van der Waals surface area (Å²) in [6, 6.07) is 17.4. The Bertz CT molecular complexity index is 1170. The monoisotopic (exact) mass is 423 g/mol. The molecule has 3 heterocycles. The molecular formula is C23H22FN3O2S. The lowest BCUT2D eigenvalue weighted by Crippen LogP contribution is -2.45. The SMILES string of the molecule is O=S1(=O)c2ccccc2[C@]2(CCN(Cc3ccncc3)C2)N1Cc1ccc(F)cc1. The third-order valence-corrected chi connectivity index (χ3v) is 8.13. The second-order valence-corrected chi connectivity index (χ2v) is 9.81. The van der Waals surface area contributed by atoms with Gasteiger partial charge in [-0.2, -0.15) is 4.31 Å². The van der Waals surface area contributed by atoms with E-state index in [9.17, 15) is 12.8 Å². The van der Waals surface area contributed by atoms with Crippen LogP contribution in [0.1, 0.15) is 23.1 Å². The highest BCUT2D eigenvalue weighted by molar-refractivity contribution is 7.89. The van der Waals surface area contributed by atoms with Gasteiger partial charge >= 0.3 is 0 Å². The summed E-state index contributed by atoms with van der Waals surface area (Å²) < 4.78 is 42.0. The van der Waals surface area contributed by atoms with E-state index in [0.29, 0.717) is 11.4 Å². The summed E-state index contributed by atoms with van der Waals surface area (Å²) in [5, 5.41) is 0. The molecule has 0 bridgehead atoms. The van der Waals surface area contributed by atoms with Crippen molar-refractivity contribution in [1.29, 1.82) is 0 Å². The van der Waals surface area contributed by atoms with Gasteiger partial charge in [0.2, 0.25) is 10.0 Å². The molecule has 1 saturated heterocycles. The number of benzene rings is 2. The molecular weight excluding hydrogens is 401 g/mol. The lowest BCUT2D eigenvalue weighted by atomic mass is 9.88. The highest BCUT2D eigenvalue weighted by Gasteiger charge is 2.56. The number of halogens is 1. The van der Waals surface area contributed by atoms with Crippen molar-refractivity contribution in [2.45, 2.75) is 29.9 Å². The predicted molar refractivity (Wildman–Crippen MR) is 111 cm³/mol. The van der Waals surface area contributed by atoms with Gasteiger partial charge in [-0.3, -0.25) is 9.88 Å². The first-order chi connectivity index (χ1) is 14.5. The maximum atomic E-state index is 13.5. The Kier molecular flexibility index (Phi) is 4.69. The number of aromatic nitrogens is 1. The molecule has 5 rings (SSSR count). The Morgan fingerprint density at radius 1 is 0.933 bits per heavy atom. The number of fused-ring (bicyclic) bond motifs is 2. The van der Waals surface area contributed by atoms with Crippen molar-refractivity contribution in [3.8, 4) is 0 Å². The minimum atomic E-state index is -3.64. The molecule has 0 aliphatic carbocycles. The van der Waals surface area contributed by atoms with E-state index in [4.69, 9.17) is 0 Å². The Hall–Kier alpha value is -2.61. The molecule has 1 fully saturated rings. The summed E-state index contributed by atoms with van der Waals surface area (Å²) in [6.07, 6.45) is 4.27. The molecule has 154 valence electrons. The zero-order valence-electron chi connectivity index (χ0n) is 16.4. The van der Waals surface area contributed by atoms with Gasteiger partial charge in [0.1, 0.15) is 5.82 Å². The number of hydrogen-bond donors (Lipinski definition) is 0. The minimum absolute atomic E-state index is 0.223. The molecule has 7 heteroatoms. The Morgan fingerprint density at radius 2 is 1.63 bits per heavy atom. The number of hydrogen-bond acceptors (Lipinski definition) is 4. The highest BCUT2D eigenvalue weighted by Crippen LogP contribution is 2.50. The summed E-state index contributed by atoms with van der Waals surface area (Å²) in [5.74, 6) is -0.328. The van der Waals surface area contributed by atoms with E-state index in [2.05, 4.69) is 9.88 Å². The molecule has 0 saturated carbocycles. The lowest BCUT2D eigenvalue weighted by Gasteiger charge is -2.34. The number of sulfonamides is 1. The molecule has 30 heavy (non-hydrogen) atoms. The third kappa shape index (κ3) is 3.14. The molecule has 5 nitrogen and oxygen atoms in total. The van der Waals surface area contributed by atoms with Gasteiger partial charge in [0.25, 0.3) is 0 Å². The smallest absolute Gasteiger partial charge is 0.244 e. The maximum Gasteiger partial charge on any atom is 0.244 e. The fourth-order valence-electron chi connectivity index (χ4n) is 4.73. The van der Waals surface area contributed by atoms with Crippen molar-refractivity contribution in [2.75, 3.05) is 13.1 Å². The van der Waals surface area contributed by atoms with E-state index >= 15 is 0 Å². The molecule has 0 amide bonds. The second kappa shape index (κ2) is 7.27. The van der Waals surface area contributed by atoms with Gasteiger partial charge < -0.3 is 0 Å². The standard InChI is InChI=1S/C23H22FN3O2S/c24-20-7-5-18(6-8-20)16-27-23(21-3-1-2-4-22(21)30(27,28)29)11-14-26(17-23)15-19-9-12-25-13-10-19/h1-10,12-13H,11,14-17H2/t23-/m1/s1. The fraction of sp³-hybridized carbons (Fsp3) is 0.261. The molecule has 0 radical (unpaired) electrons. The van der Waals surface area contributed by atoms with Crippen molar-refractivity contribution in [3.05, 3.63) is 95.6 Å². The van der Waals surface area contributed by atoms with Crippen molar-refractivity contribution in [2.24, 2.45) is 0 Å². The summed E-state index contributed by atoms with van der Waals surface area (Å²) >= 11 is 0. The fourth-order valence-corrected chi connectivity index (χ4v) is 6.78. The first-order valence-corrected chi connectivity index (χ1v) is 11.4. The van der Waals surface area contributed by atoms with Crippen molar-refractivity contribution >= 4 is 10.0 Å². The van der Waals surface area contributed by atoms with Crippen LogP contribution in [-0.4, -0.2) is 35.7 Å². The second-order valence-electron chi connectivity index (χ2n) is 7.98. The van der Waals surface area contributed by atoms with E-state index in [-0.39, 0.29) is 12.4 Å². The molecule has 2 aliphatic rings. The minimum Gasteiger partial charge on any atom is -0.297 e. The molecule has 3 aromatic rings. The first-order valence-electron chi connectivity index (χ1n) is 9.97. The first kappa shape index (κ1) is 19.4. The van der Waals surface area contributed by atoms with Crippen LogP contribution in [0.2, 0.25) is 0 Å².